The highest BCUT2D eigenvalue weighted by Crippen LogP contribution is 2.18. The maximum atomic E-state index is 6.24. The number of aryl methyl sites for hydroxylation is 1. The molecule has 1 aromatic heterocycles. The van der Waals surface area contributed by atoms with E-state index in [2.05, 4.69) is 40.0 Å². The minimum atomic E-state index is 0.0796. The molecule has 0 aliphatic rings. The van der Waals surface area contributed by atoms with Crippen LogP contribution in [-0.2, 0) is 6.54 Å². The van der Waals surface area contributed by atoms with Gasteiger partial charge in [-0.15, -0.1) is 0 Å². The Morgan fingerprint density at radius 3 is 2.55 bits per heavy atom. The zero-order valence-electron chi connectivity index (χ0n) is 12.0. The Labute approximate surface area is 128 Å². The summed E-state index contributed by atoms with van der Waals surface area (Å²) in [4.78, 5) is 2.27. The maximum Gasteiger partial charge on any atom is 0.105 e. The summed E-state index contributed by atoms with van der Waals surface area (Å²) in [6, 6.07) is 10.3. The van der Waals surface area contributed by atoms with Crippen molar-refractivity contribution in [2.45, 2.75) is 25.9 Å². The molecule has 20 heavy (non-hydrogen) atoms. The second-order valence-electron chi connectivity index (χ2n) is 5.19. The fourth-order valence-corrected chi connectivity index (χ4v) is 2.45. The Kier molecular flexibility index (Phi) is 5.40. The predicted molar refractivity (Wildman–Crippen MR) is 85.5 cm³/mol. The highest BCUT2D eigenvalue weighted by atomic mass is 79.9. The van der Waals surface area contributed by atoms with Gasteiger partial charge in [0, 0.05) is 22.6 Å². The average molecular weight is 337 g/mol. The van der Waals surface area contributed by atoms with E-state index in [1.807, 2.05) is 25.1 Å². The summed E-state index contributed by atoms with van der Waals surface area (Å²) in [5.74, 6) is 0.994. The fraction of sp³-hybridized carbons (Fsp3) is 0.375. The van der Waals surface area contributed by atoms with E-state index < -0.39 is 0 Å². The summed E-state index contributed by atoms with van der Waals surface area (Å²) in [7, 11) is 2.11. The Morgan fingerprint density at radius 1 is 1.25 bits per heavy atom. The third-order valence-electron chi connectivity index (χ3n) is 3.53. The maximum absolute atomic E-state index is 6.24. The van der Waals surface area contributed by atoms with Crippen molar-refractivity contribution in [1.82, 2.24) is 4.90 Å². The van der Waals surface area contributed by atoms with Gasteiger partial charge in [0.1, 0.15) is 5.76 Å². The molecule has 0 radical (unpaired) electrons. The predicted octanol–water partition coefficient (Wildman–Crippen LogP) is 3.87. The summed E-state index contributed by atoms with van der Waals surface area (Å²) in [6.07, 6.45) is 2.68. The van der Waals surface area contributed by atoms with Gasteiger partial charge in [-0.1, -0.05) is 28.1 Å². The number of hydrogen-bond donors (Lipinski definition) is 1. The molecule has 1 atom stereocenters. The topological polar surface area (TPSA) is 42.4 Å². The second-order valence-corrected chi connectivity index (χ2v) is 6.10. The van der Waals surface area contributed by atoms with E-state index in [4.69, 9.17) is 10.2 Å². The number of halogens is 1. The van der Waals surface area contributed by atoms with Gasteiger partial charge in [0.15, 0.2) is 0 Å². The summed E-state index contributed by atoms with van der Waals surface area (Å²) in [6.45, 7) is 3.86. The van der Waals surface area contributed by atoms with Crippen molar-refractivity contribution in [3.05, 3.63) is 58.0 Å². The molecule has 1 heterocycles. The van der Waals surface area contributed by atoms with Crippen LogP contribution in [0.1, 0.15) is 29.3 Å². The smallest absolute Gasteiger partial charge is 0.105 e. The molecule has 0 amide bonds. The minimum Gasteiger partial charge on any atom is -0.469 e. The number of rotatable bonds is 6. The molecule has 2 aromatic rings. The molecule has 0 aliphatic heterocycles. The van der Waals surface area contributed by atoms with Crippen LogP contribution in [0.5, 0.6) is 0 Å². The molecule has 108 valence electrons. The molecule has 0 fully saturated rings. The van der Waals surface area contributed by atoms with E-state index in [1.165, 1.54) is 11.1 Å². The van der Waals surface area contributed by atoms with Crippen LogP contribution in [0.25, 0.3) is 0 Å². The second kappa shape index (κ2) is 7.07. The average Bonchev–Trinajstić information content (AvgIpc) is 2.82. The molecule has 3 nitrogen and oxygen atoms in total. The van der Waals surface area contributed by atoms with Gasteiger partial charge in [-0.25, -0.2) is 0 Å². The van der Waals surface area contributed by atoms with Crippen molar-refractivity contribution in [3.63, 3.8) is 0 Å². The molecule has 2 N–H and O–H groups in total. The number of hydrogen-bond acceptors (Lipinski definition) is 3. The summed E-state index contributed by atoms with van der Waals surface area (Å²) in [5, 5.41) is 0. The van der Waals surface area contributed by atoms with Crippen LogP contribution in [0.2, 0.25) is 0 Å². The molecular formula is C16H21BrN2O. The van der Waals surface area contributed by atoms with Gasteiger partial charge in [0.2, 0.25) is 0 Å². The van der Waals surface area contributed by atoms with Crippen molar-refractivity contribution >= 4 is 15.9 Å². The number of nitrogens with zero attached hydrogens (tertiary/aromatic N) is 1. The number of furan rings is 1. The van der Waals surface area contributed by atoms with E-state index in [0.29, 0.717) is 0 Å². The molecule has 4 heteroatoms. The molecule has 0 spiro atoms. The summed E-state index contributed by atoms with van der Waals surface area (Å²) >= 11 is 3.44. The van der Waals surface area contributed by atoms with E-state index in [-0.39, 0.29) is 6.04 Å². The highest BCUT2D eigenvalue weighted by molar-refractivity contribution is 9.10. The third-order valence-corrected chi connectivity index (χ3v) is 4.06. The standard InChI is InChI=1S/C16H21BrN2O/c1-12-14(8-10-20-12)11-19(2)9-7-16(18)13-3-5-15(17)6-4-13/h3-6,8,10,16H,7,9,11,18H2,1-2H3. The van der Waals surface area contributed by atoms with Gasteiger partial charge in [-0.05, 0) is 50.7 Å². The molecule has 1 aromatic carbocycles. The first kappa shape index (κ1) is 15.3. The van der Waals surface area contributed by atoms with Crippen LogP contribution in [-0.4, -0.2) is 18.5 Å². The summed E-state index contributed by atoms with van der Waals surface area (Å²) < 4.78 is 6.40. The molecule has 0 saturated carbocycles. The van der Waals surface area contributed by atoms with Gasteiger partial charge in [-0.3, -0.25) is 0 Å². The van der Waals surface area contributed by atoms with Gasteiger partial charge < -0.3 is 15.1 Å². The number of benzene rings is 1. The van der Waals surface area contributed by atoms with Gasteiger partial charge in [-0.2, -0.15) is 0 Å². The molecule has 1 unspecified atom stereocenters. The first-order valence-electron chi connectivity index (χ1n) is 6.79. The third kappa shape index (κ3) is 4.20. The van der Waals surface area contributed by atoms with E-state index in [0.717, 1.165) is 29.7 Å². The van der Waals surface area contributed by atoms with E-state index in [1.54, 1.807) is 6.26 Å². The fourth-order valence-electron chi connectivity index (χ4n) is 2.18. The van der Waals surface area contributed by atoms with Crippen LogP contribution in [0.3, 0.4) is 0 Å². The van der Waals surface area contributed by atoms with Gasteiger partial charge >= 0.3 is 0 Å². The first-order chi connectivity index (χ1) is 9.56. The van der Waals surface area contributed by atoms with Gasteiger partial charge in [0.25, 0.3) is 0 Å². The largest absolute Gasteiger partial charge is 0.469 e. The SMILES string of the molecule is Cc1occc1CN(C)CCC(N)c1ccc(Br)cc1. The molecule has 0 bridgehead atoms. The van der Waals surface area contributed by atoms with Crippen LogP contribution < -0.4 is 5.73 Å². The van der Waals surface area contributed by atoms with Crippen molar-refractivity contribution in [2.24, 2.45) is 5.73 Å². The quantitative estimate of drug-likeness (QED) is 0.870. The lowest BCUT2D eigenvalue weighted by molar-refractivity contribution is 0.309. The highest BCUT2D eigenvalue weighted by Gasteiger charge is 2.09. The van der Waals surface area contributed by atoms with Crippen molar-refractivity contribution in [1.29, 1.82) is 0 Å². The van der Waals surface area contributed by atoms with Crippen molar-refractivity contribution in [2.75, 3.05) is 13.6 Å². The Morgan fingerprint density at radius 2 is 1.95 bits per heavy atom. The van der Waals surface area contributed by atoms with Crippen molar-refractivity contribution in [3.8, 4) is 0 Å². The lowest BCUT2D eigenvalue weighted by atomic mass is 10.0. The Hall–Kier alpha value is -1.10. The van der Waals surface area contributed by atoms with E-state index in [9.17, 15) is 0 Å². The van der Waals surface area contributed by atoms with E-state index >= 15 is 0 Å². The van der Waals surface area contributed by atoms with Gasteiger partial charge in [0.05, 0.1) is 6.26 Å². The summed E-state index contributed by atoms with van der Waals surface area (Å²) in [5.41, 5.74) is 8.66. The van der Waals surface area contributed by atoms with Crippen molar-refractivity contribution < 1.29 is 4.42 Å². The monoisotopic (exact) mass is 336 g/mol. The molecule has 2 rings (SSSR count). The van der Waals surface area contributed by atoms with Crippen LogP contribution in [0.15, 0.2) is 45.5 Å². The molecule has 0 saturated heterocycles. The Bertz CT molecular complexity index is 536. The normalized spacial score (nSPS) is 12.8. The molecular weight excluding hydrogens is 316 g/mol. The lowest BCUT2D eigenvalue weighted by Crippen LogP contribution is -2.23. The zero-order chi connectivity index (χ0) is 14.5. The minimum absolute atomic E-state index is 0.0796. The molecule has 0 aliphatic carbocycles. The van der Waals surface area contributed by atoms with Crippen LogP contribution in [0.4, 0.5) is 0 Å². The Balaban J connectivity index is 1.82. The zero-order valence-corrected chi connectivity index (χ0v) is 13.6. The first-order valence-corrected chi connectivity index (χ1v) is 7.58. The number of nitrogens with two attached hydrogens (primary N) is 1. The van der Waals surface area contributed by atoms with Crippen LogP contribution >= 0.6 is 15.9 Å². The van der Waals surface area contributed by atoms with Crippen LogP contribution in [0, 0.1) is 6.92 Å². The lowest BCUT2D eigenvalue weighted by Gasteiger charge is -2.19.